The maximum Gasteiger partial charge on any atom is 0.233 e. The highest BCUT2D eigenvalue weighted by atomic mass is 16.2. The molecular weight excluding hydrogens is 374 g/mol. The molecule has 0 radical (unpaired) electrons. The number of carbonyl (C=O) groups excluding carboxylic acids is 1. The summed E-state index contributed by atoms with van der Waals surface area (Å²) in [6, 6.07) is 8.55. The number of aryl methyl sites for hydroxylation is 2. The summed E-state index contributed by atoms with van der Waals surface area (Å²) in [5, 5.41) is 3.16. The Kier molecular flexibility index (Phi) is 5.03. The van der Waals surface area contributed by atoms with Gasteiger partial charge in [0.2, 0.25) is 5.91 Å². The first-order valence-electron chi connectivity index (χ1n) is 11.0. The van der Waals surface area contributed by atoms with Crippen molar-refractivity contribution in [1.82, 2.24) is 9.88 Å². The number of benzene rings is 1. The van der Waals surface area contributed by atoms with Crippen molar-refractivity contribution in [2.45, 2.75) is 33.2 Å². The van der Waals surface area contributed by atoms with E-state index < -0.39 is 0 Å². The number of carbonyl (C=O) groups is 1. The number of anilines is 2. The van der Waals surface area contributed by atoms with E-state index in [-0.39, 0.29) is 11.8 Å². The predicted octanol–water partition coefficient (Wildman–Crippen LogP) is 3.17. The molecule has 3 aliphatic heterocycles. The van der Waals surface area contributed by atoms with Gasteiger partial charge in [-0.15, -0.1) is 0 Å². The van der Waals surface area contributed by atoms with Gasteiger partial charge in [0.05, 0.1) is 17.3 Å². The smallest absolute Gasteiger partial charge is 0.233 e. The highest BCUT2D eigenvalue weighted by molar-refractivity contribution is 6.23. The standard InChI is InChI=1S/C24H29N5O/c1-16-5-3-8-26-23(16)29-11-9-28(10-12-29)15-18-13-17(2)21-20(14-18)27-24(30)19-6-4-7-25-22(19)21/h3,5,8,13-14,19H,4,6-7,9-12,15H2,1-2H3,(H,27,30). The van der Waals surface area contributed by atoms with Crippen molar-refractivity contribution < 1.29 is 4.79 Å². The van der Waals surface area contributed by atoms with Gasteiger partial charge in [0, 0.05) is 51.0 Å². The van der Waals surface area contributed by atoms with E-state index in [0.29, 0.717) is 0 Å². The van der Waals surface area contributed by atoms with Crippen molar-refractivity contribution in [3.63, 3.8) is 0 Å². The van der Waals surface area contributed by atoms with Gasteiger partial charge in [-0.1, -0.05) is 12.1 Å². The molecule has 1 aromatic carbocycles. The number of hydrogen-bond acceptors (Lipinski definition) is 5. The van der Waals surface area contributed by atoms with Crippen LogP contribution >= 0.6 is 0 Å². The van der Waals surface area contributed by atoms with Crippen LogP contribution in [-0.4, -0.2) is 54.2 Å². The number of amides is 1. The van der Waals surface area contributed by atoms with Crippen LogP contribution in [0.5, 0.6) is 0 Å². The second kappa shape index (κ2) is 7.84. The first kappa shape index (κ1) is 19.2. The maximum atomic E-state index is 12.6. The van der Waals surface area contributed by atoms with E-state index in [1.54, 1.807) is 0 Å². The molecule has 0 spiro atoms. The summed E-state index contributed by atoms with van der Waals surface area (Å²) >= 11 is 0. The molecule has 6 heteroatoms. The zero-order valence-electron chi connectivity index (χ0n) is 17.8. The van der Waals surface area contributed by atoms with E-state index in [1.165, 1.54) is 16.7 Å². The lowest BCUT2D eigenvalue weighted by Gasteiger charge is -2.36. The predicted molar refractivity (Wildman–Crippen MR) is 120 cm³/mol. The maximum absolute atomic E-state index is 12.6. The lowest BCUT2D eigenvalue weighted by atomic mass is 9.83. The number of aromatic nitrogens is 1. The Hall–Kier alpha value is -2.73. The summed E-state index contributed by atoms with van der Waals surface area (Å²) in [6.07, 6.45) is 3.78. The number of hydrogen-bond donors (Lipinski definition) is 1. The molecular formula is C24H29N5O. The van der Waals surface area contributed by atoms with Gasteiger partial charge in [0.25, 0.3) is 0 Å². The summed E-state index contributed by atoms with van der Waals surface area (Å²) in [6.45, 7) is 9.99. The number of nitrogens with one attached hydrogen (secondary N) is 1. The Morgan fingerprint density at radius 1 is 1.13 bits per heavy atom. The van der Waals surface area contributed by atoms with E-state index in [2.05, 4.69) is 52.1 Å². The van der Waals surface area contributed by atoms with E-state index >= 15 is 0 Å². The minimum Gasteiger partial charge on any atom is -0.354 e. The minimum absolute atomic E-state index is 0.0704. The Balaban J connectivity index is 1.31. The van der Waals surface area contributed by atoms with E-state index in [1.807, 2.05) is 12.3 Å². The number of piperazine rings is 1. The van der Waals surface area contributed by atoms with E-state index in [4.69, 9.17) is 4.99 Å². The largest absolute Gasteiger partial charge is 0.354 e. The van der Waals surface area contributed by atoms with Crippen LogP contribution in [0.25, 0.3) is 0 Å². The van der Waals surface area contributed by atoms with Crippen molar-refractivity contribution >= 4 is 23.1 Å². The second-order valence-electron chi connectivity index (χ2n) is 8.69. The molecule has 0 bridgehead atoms. The third kappa shape index (κ3) is 3.49. The normalized spacial score (nSPS) is 21.5. The van der Waals surface area contributed by atoms with Gasteiger partial charge in [-0.25, -0.2) is 4.98 Å². The first-order chi connectivity index (χ1) is 14.6. The van der Waals surface area contributed by atoms with Crippen molar-refractivity contribution in [1.29, 1.82) is 0 Å². The van der Waals surface area contributed by atoms with Crippen LogP contribution in [0.3, 0.4) is 0 Å². The van der Waals surface area contributed by atoms with Crippen LogP contribution in [0.1, 0.15) is 35.1 Å². The fraction of sp³-hybridized carbons (Fsp3) is 0.458. The van der Waals surface area contributed by atoms with Gasteiger partial charge in [0.15, 0.2) is 0 Å². The van der Waals surface area contributed by atoms with Crippen molar-refractivity contribution in [2.75, 3.05) is 42.9 Å². The molecule has 1 fully saturated rings. The third-order valence-corrected chi connectivity index (χ3v) is 6.55. The lowest BCUT2D eigenvalue weighted by molar-refractivity contribution is -0.118. The minimum atomic E-state index is -0.0704. The Labute approximate surface area is 178 Å². The average Bonchev–Trinajstić information content (AvgIpc) is 2.75. The number of nitrogens with zero attached hydrogens (tertiary/aromatic N) is 4. The molecule has 4 heterocycles. The molecule has 156 valence electrons. The monoisotopic (exact) mass is 403 g/mol. The Morgan fingerprint density at radius 2 is 1.97 bits per heavy atom. The van der Waals surface area contributed by atoms with Crippen molar-refractivity contribution in [3.8, 4) is 0 Å². The highest BCUT2D eigenvalue weighted by Gasteiger charge is 2.34. The van der Waals surface area contributed by atoms with Crippen molar-refractivity contribution in [2.24, 2.45) is 10.9 Å². The molecule has 6 nitrogen and oxygen atoms in total. The van der Waals surface area contributed by atoms with Gasteiger partial charge >= 0.3 is 0 Å². The van der Waals surface area contributed by atoms with Crippen LogP contribution < -0.4 is 10.2 Å². The molecule has 1 saturated heterocycles. The molecule has 1 unspecified atom stereocenters. The lowest BCUT2D eigenvalue weighted by Crippen LogP contribution is -2.46. The molecule has 30 heavy (non-hydrogen) atoms. The topological polar surface area (TPSA) is 60.8 Å². The quantitative estimate of drug-likeness (QED) is 0.855. The number of fused-ring (bicyclic) bond motifs is 3. The van der Waals surface area contributed by atoms with E-state index in [9.17, 15) is 4.79 Å². The molecule has 1 atom stereocenters. The molecule has 1 amide bonds. The Bertz CT molecular complexity index is 1010. The number of rotatable bonds is 3. The second-order valence-corrected chi connectivity index (χ2v) is 8.69. The fourth-order valence-electron chi connectivity index (χ4n) is 5.05. The van der Waals surface area contributed by atoms with Gasteiger partial charge in [-0.05, 0) is 55.5 Å². The van der Waals surface area contributed by atoms with Crippen LogP contribution in [0.2, 0.25) is 0 Å². The first-order valence-corrected chi connectivity index (χ1v) is 11.0. The van der Waals surface area contributed by atoms with Gasteiger partial charge in [0.1, 0.15) is 5.82 Å². The number of aliphatic imine (C=N–C) groups is 1. The number of pyridine rings is 1. The zero-order valence-corrected chi connectivity index (χ0v) is 17.8. The molecule has 1 aromatic heterocycles. The Morgan fingerprint density at radius 3 is 2.77 bits per heavy atom. The summed E-state index contributed by atoms with van der Waals surface area (Å²) in [7, 11) is 0. The highest BCUT2D eigenvalue weighted by Crippen LogP contribution is 2.34. The van der Waals surface area contributed by atoms with Crippen LogP contribution in [-0.2, 0) is 11.3 Å². The van der Waals surface area contributed by atoms with Gasteiger partial charge < -0.3 is 10.2 Å². The molecule has 1 N–H and O–H groups in total. The molecule has 0 aliphatic carbocycles. The fourth-order valence-corrected chi connectivity index (χ4v) is 5.05. The summed E-state index contributed by atoms with van der Waals surface area (Å²) in [5.74, 6) is 1.14. The molecule has 3 aliphatic rings. The summed E-state index contributed by atoms with van der Waals surface area (Å²) in [5.41, 5.74) is 6.80. The van der Waals surface area contributed by atoms with Crippen LogP contribution in [0.4, 0.5) is 11.5 Å². The molecule has 0 saturated carbocycles. The van der Waals surface area contributed by atoms with Gasteiger partial charge in [-0.3, -0.25) is 14.7 Å². The summed E-state index contributed by atoms with van der Waals surface area (Å²) < 4.78 is 0. The average molecular weight is 404 g/mol. The summed E-state index contributed by atoms with van der Waals surface area (Å²) in [4.78, 5) is 26.8. The molecule has 2 aromatic rings. The zero-order chi connectivity index (χ0) is 20.7. The van der Waals surface area contributed by atoms with Gasteiger partial charge in [-0.2, -0.15) is 0 Å². The van der Waals surface area contributed by atoms with Crippen LogP contribution in [0.15, 0.2) is 35.5 Å². The van der Waals surface area contributed by atoms with E-state index in [0.717, 1.165) is 74.9 Å². The molecule has 5 rings (SSSR count). The van der Waals surface area contributed by atoms with Crippen molar-refractivity contribution in [3.05, 3.63) is 52.7 Å². The third-order valence-electron chi connectivity index (χ3n) is 6.55. The SMILES string of the molecule is Cc1cccnc1N1CCN(Cc2cc(C)c3c(c2)NC(=O)C2CCCN=C32)CC1. The van der Waals surface area contributed by atoms with Crippen LogP contribution in [0, 0.1) is 19.8 Å².